The second-order valence-corrected chi connectivity index (χ2v) is 8.14. The minimum Gasteiger partial charge on any atom is -0.198 e. The third-order valence-electron chi connectivity index (χ3n) is 6.12. The largest absolute Gasteiger partial charge is 0.198 e. The van der Waals surface area contributed by atoms with Crippen LogP contribution in [0.3, 0.4) is 0 Å². The first-order valence-electron chi connectivity index (χ1n) is 7.21. The quantitative estimate of drug-likeness (QED) is 0.670. The average Bonchev–Trinajstić information content (AvgIpc) is 2.74. The standard InChI is InChI=1S/C15H18N2S/c16-6-11-8-18-15(14(11)7-17)12-2-9-1-10(4-12)5-13(15)3-9/h9-14H,1-5,8H2/t9?,10?,11-,12?,13?,14+,15?/m0/s1. The van der Waals surface area contributed by atoms with Crippen LogP contribution in [0.4, 0.5) is 0 Å². The lowest BCUT2D eigenvalue weighted by Gasteiger charge is -2.60. The molecule has 0 unspecified atom stereocenters. The normalized spacial score (nSPS) is 56.6. The fourth-order valence-electron chi connectivity index (χ4n) is 5.70. The molecule has 18 heavy (non-hydrogen) atoms. The van der Waals surface area contributed by atoms with Gasteiger partial charge in [0.2, 0.25) is 0 Å². The van der Waals surface area contributed by atoms with Gasteiger partial charge in [0.1, 0.15) is 0 Å². The van der Waals surface area contributed by atoms with Crippen LogP contribution in [0, 0.1) is 58.2 Å². The molecule has 3 heteroatoms. The molecule has 2 nitrogen and oxygen atoms in total. The molecule has 5 aliphatic rings. The SMILES string of the molecule is N#C[C@@H]1[C@@H](C#N)CSC12C1CC3CC(C1)CC2C3. The Kier molecular flexibility index (Phi) is 2.28. The van der Waals surface area contributed by atoms with E-state index in [2.05, 4.69) is 12.1 Å². The summed E-state index contributed by atoms with van der Waals surface area (Å²) in [6.07, 6.45) is 6.83. The Labute approximate surface area is 113 Å². The van der Waals surface area contributed by atoms with E-state index in [1.54, 1.807) is 0 Å². The van der Waals surface area contributed by atoms with Crippen molar-refractivity contribution in [3.05, 3.63) is 0 Å². The molecule has 1 spiro atoms. The van der Waals surface area contributed by atoms with Crippen LogP contribution in [-0.2, 0) is 0 Å². The Hall–Kier alpha value is -0.670. The molecule has 94 valence electrons. The molecule has 1 saturated heterocycles. The maximum absolute atomic E-state index is 9.60. The molecule has 0 aromatic rings. The lowest BCUT2D eigenvalue weighted by molar-refractivity contribution is -0.0308. The maximum atomic E-state index is 9.60. The lowest BCUT2D eigenvalue weighted by Crippen LogP contribution is -2.58. The summed E-state index contributed by atoms with van der Waals surface area (Å²) in [5, 5.41) is 18.9. The van der Waals surface area contributed by atoms with Gasteiger partial charge in [0.25, 0.3) is 0 Å². The molecule has 4 saturated carbocycles. The van der Waals surface area contributed by atoms with E-state index in [-0.39, 0.29) is 16.6 Å². The summed E-state index contributed by atoms with van der Waals surface area (Å²) < 4.78 is 0.169. The summed E-state index contributed by atoms with van der Waals surface area (Å²) in [7, 11) is 0. The van der Waals surface area contributed by atoms with Crippen LogP contribution in [0.25, 0.3) is 0 Å². The van der Waals surface area contributed by atoms with Gasteiger partial charge in [-0.3, -0.25) is 0 Å². The molecule has 4 bridgehead atoms. The first-order valence-corrected chi connectivity index (χ1v) is 8.19. The maximum Gasteiger partial charge on any atom is 0.0781 e. The first-order chi connectivity index (χ1) is 8.77. The van der Waals surface area contributed by atoms with Crippen molar-refractivity contribution < 1.29 is 0 Å². The molecule has 2 atom stereocenters. The van der Waals surface area contributed by atoms with Crippen LogP contribution in [0.5, 0.6) is 0 Å². The van der Waals surface area contributed by atoms with E-state index in [1.807, 2.05) is 11.8 Å². The average molecular weight is 258 g/mol. The van der Waals surface area contributed by atoms with Crippen LogP contribution in [0.2, 0.25) is 0 Å². The minimum atomic E-state index is -0.0162. The van der Waals surface area contributed by atoms with Gasteiger partial charge < -0.3 is 0 Å². The summed E-state index contributed by atoms with van der Waals surface area (Å²) in [4.78, 5) is 0. The van der Waals surface area contributed by atoms with Crippen molar-refractivity contribution in [3.63, 3.8) is 0 Å². The zero-order chi connectivity index (χ0) is 12.3. The predicted molar refractivity (Wildman–Crippen MR) is 70.4 cm³/mol. The molecule has 5 rings (SSSR count). The second-order valence-electron chi connectivity index (χ2n) is 6.81. The molecule has 0 aromatic carbocycles. The molecule has 0 radical (unpaired) electrons. The third-order valence-corrected chi connectivity index (χ3v) is 8.07. The van der Waals surface area contributed by atoms with E-state index in [1.165, 1.54) is 32.1 Å². The van der Waals surface area contributed by atoms with E-state index in [0.29, 0.717) is 0 Å². The Morgan fingerprint density at radius 1 is 0.889 bits per heavy atom. The van der Waals surface area contributed by atoms with E-state index < -0.39 is 0 Å². The highest BCUT2D eigenvalue weighted by molar-refractivity contribution is 8.01. The predicted octanol–water partition coefficient (Wildman–Crippen LogP) is 3.21. The monoisotopic (exact) mass is 258 g/mol. The highest BCUT2D eigenvalue weighted by atomic mass is 32.2. The molecular weight excluding hydrogens is 240 g/mol. The van der Waals surface area contributed by atoms with Crippen molar-refractivity contribution in [2.24, 2.45) is 35.5 Å². The van der Waals surface area contributed by atoms with Gasteiger partial charge in [0, 0.05) is 10.5 Å². The Bertz CT molecular complexity index is 430. The fraction of sp³-hybridized carbons (Fsp3) is 0.867. The van der Waals surface area contributed by atoms with Crippen molar-refractivity contribution in [1.29, 1.82) is 10.5 Å². The molecular formula is C15H18N2S. The van der Waals surface area contributed by atoms with Crippen molar-refractivity contribution >= 4 is 11.8 Å². The van der Waals surface area contributed by atoms with Gasteiger partial charge in [0.05, 0.1) is 24.0 Å². The van der Waals surface area contributed by atoms with E-state index in [4.69, 9.17) is 0 Å². The molecule has 1 heterocycles. The van der Waals surface area contributed by atoms with E-state index in [0.717, 1.165) is 29.4 Å². The third kappa shape index (κ3) is 1.19. The van der Waals surface area contributed by atoms with Crippen molar-refractivity contribution in [2.75, 3.05) is 5.75 Å². The second kappa shape index (κ2) is 3.67. The Morgan fingerprint density at radius 3 is 2.00 bits per heavy atom. The Morgan fingerprint density at radius 2 is 1.50 bits per heavy atom. The minimum absolute atomic E-state index is 0.00231. The van der Waals surface area contributed by atoms with Gasteiger partial charge in [-0.1, -0.05) is 0 Å². The van der Waals surface area contributed by atoms with Crippen molar-refractivity contribution in [3.8, 4) is 12.1 Å². The van der Waals surface area contributed by atoms with Gasteiger partial charge in [-0.15, -0.1) is 0 Å². The summed E-state index contributed by atoms with van der Waals surface area (Å²) >= 11 is 2.00. The fourth-order valence-corrected chi connectivity index (χ4v) is 7.69. The number of rotatable bonds is 0. The number of hydrogen-bond donors (Lipinski definition) is 0. The van der Waals surface area contributed by atoms with Crippen molar-refractivity contribution in [1.82, 2.24) is 0 Å². The molecule has 0 amide bonds. The molecule has 5 fully saturated rings. The van der Waals surface area contributed by atoms with Gasteiger partial charge in [0.15, 0.2) is 0 Å². The summed E-state index contributed by atoms with van der Waals surface area (Å²) in [5.74, 6) is 4.25. The van der Waals surface area contributed by atoms with Crippen LogP contribution in [0.1, 0.15) is 32.1 Å². The van der Waals surface area contributed by atoms with Crippen LogP contribution in [0.15, 0.2) is 0 Å². The summed E-state index contributed by atoms with van der Waals surface area (Å²) in [6.45, 7) is 0. The van der Waals surface area contributed by atoms with Gasteiger partial charge >= 0.3 is 0 Å². The number of thioether (sulfide) groups is 1. The molecule has 0 N–H and O–H groups in total. The van der Waals surface area contributed by atoms with Gasteiger partial charge in [-0.2, -0.15) is 22.3 Å². The van der Waals surface area contributed by atoms with E-state index >= 15 is 0 Å². The Balaban J connectivity index is 1.76. The van der Waals surface area contributed by atoms with E-state index in [9.17, 15) is 10.5 Å². The highest BCUT2D eigenvalue weighted by Gasteiger charge is 2.64. The van der Waals surface area contributed by atoms with Crippen LogP contribution >= 0.6 is 11.8 Å². The number of nitrogens with zero attached hydrogens (tertiary/aromatic N) is 2. The lowest BCUT2D eigenvalue weighted by atomic mass is 9.48. The summed E-state index contributed by atoms with van der Waals surface area (Å²) in [6, 6.07) is 4.95. The summed E-state index contributed by atoms with van der Waals surface area (Å²) in [5.41, 5.74) is 0. The van der Waals surface area contributed by atoms with Gasteiger partial charge in [-0.25, -0.2) is 0 Å². The number of hydrogen-bond acceptors (Lipinski definition) is 3. The van der Waals surface area contributed by atoms with Crippen LogP contribution in [-0.4, -0.2) is 10.5 Å². The van der Waals surface area contributed by atoms with Crippen molar-refractivity contribution in [2.45, 2.75) is 36.9 Å². The number of nitriles is 2. The highest BCUT2D eigenvalue weighted by Crippen LogP contribution is 2.68. The van der Waals surface area contributed by atoms with Gasteiger partial charge in [-0.05, 0) is 55.8 Å². The van der Waals surface area contributed by atoms with Crippen LogP contribution < -0.4 is 0 Å². The topological polar surface area (TPSA) is 47.6 Å². The first kappa shape index (κ1) is 11.2. The molecule has 0 aromatic heterocycles. The smallest absolute Gasteiger partial charge is 0.0781 e. The molecule has 1 aliphatic heterocycles. The zero-order valence-electron chi connectivity index (χ0n) is 10.5. The molecule has 4 aliphatic carbocycles. The zero-order valence-corrected chi connectivity index (χ0v) is 11.3.